The Morgan fingerprint density at radius 1 is 1.24 bits per heavy atom. The first kappa shape index (κ1) is 12.0. The quantitative estimate of drug-likeness (QED) is 0.883. The number of aromatic nitrogens is 2. The van der Waals surface area contributed by atoms with Crippen molar-refractivity contribution < 1.29 is 9.47 Å². The van der Waals surface area contributed by atoms with Gasteiger partial charge in [-0.2, -0.15) is 5.10 Å². The van der Waals surface area contributed by atoms with Crippen LogP contribution in [0.4, 0.5) is 0 Å². The molecule has 0 amide bonds. The highest BCUT2D eigenvalue weighted by atomic mass is 79.9. The average Bonchev–Trinajstić information content (AvgIpc) is 2.86. The van der Waals surface area contributed by atoms with Crippen LogP contribution < -0.4 is 9.47 Å². The van der Waals surface area contributed by atoms with Crippen LogP contribution in [0.2, 0.25) is 0 Å². The molecule has 0 aliphatic rings. The Bertz CT molecular complexity index is 511. The van der Waals surface area contributed by atoms with Gasteiger partial charge in [-0.15, -0.1) is 0 Å². The van der Waals surface area contributed by atoms with E-state index in [1.54, 1.807) is 14.2 Å². The summed E-state index contributed by atoms with van der Waals surface area (Å²) in [5.74, 6) is 1.53. The number of ether oxygens (including phenoxy) is 2. The fourth-order valence-electron chi connectivity index (χ4n) is 1.59. The Hall–Kier alpha value is -1.49. The predicted molar refractivity (Wildman–Crippen MR) is 69.8 cm³/mol. The van der Waals surface area contributed by atoms with Gasteiger partial charge in [0.2, 0.25) is 0 Å². The molecule has 0 unspecified atom stereocenters. The lowest BCUT2D eigenvalue weighted by atomic mass is 10.1. The van der Waals surface area contributed by atoms with Crippen LogP contribution in [0.5, 0.6) is 11.5 Å². The first-order valence-electron chi connectivity index (χ1n) is 5.11. The van der Waals surface area contributed by atoms with E-state index in [2.05, 4.69) is 26.1 Å². The van der Waals surface area contributed by atoms with Crippen molar-refractivity contribution in [3.8, 4) is 22.8 Å². The van der Waals surface area contributed by atoms with Crippen molar-refractivity contribution in [3.63, 3.8) is 0 Å². The molecule has 1 aromatic carbocycles. The molecule has 0 bridgehead atoms. The van der Waals surface area contributed by atoms with E-state index in [4.69, 9.17) is 9.47 Å². The van der Waals surface area contributed by atoms with Crippen molar-refractivity contribution in [1.82, 2.24) is 10.2 Å². The minimum absolute atomic E-state index is 0.724. The topological polar surface area (TPSA) is 47.1 Å². The van der Waals surface area contributed by atoms with Crippen molar-refractivity contribution >= 4 is 15.9 Å². The van der Waals surface area contributed by atoms with Gasteiger partial charge in [0.25, 0.3) is 0 Å². The monoisotopic (exact) mass is 296 g/mol. The second kappa shape index (κ2) is 5.23. The molecule has 0 saturated heterocycles. The molecule has 0 fully saturated rings. The summed E-state index contributed by atoms with van der Waals surface area (Å²) in [7, 11) is 3.27. The Morgan fingerprint density at radius 3 is 2.65 bits per heavy atom. The van der Waals surface area contributed by atoms with Crippen molar-refractivity contribution in [2.45, 2.75) is 5.33 Å². The van der Waals surface area contributed by atoms with Gasteiger partial charge >= 0.3 is 0 Å². The third-order valence-corrected chi connectivity index (χ3v) is 3.04. The molecule has 0 aliphatic heterocycles. The summed E-state index contributed by atoms with van der Waals surface area (Å²) in [4.78, 5) is 0. The van der Waals surface area contributed by atoms with E-state index >= 15 is 0 Å². The van der Waals surface area contributed by atoms with Crippen LogP contribution in [0.3, 0.4) is 0 Å². The third-order valence-electron chi connectivity index (χ3n) is 2.47. The molecule has 0 aliphatic carbocycles. The van der Waals surface area contributed by atoms with Crippen LogP contribution in [0.15, 0.2) is 24.3 Å². The van der Waals surface area contributed by atoms with E-state index in [-0.39, 0.29) is 0 Å². The first-order valence-corrected chi connectivity index (χ1v) is 6.23. The number of rotatable bonds is 4. The number of nitrogens with zero attached hydrogens (tertiary/aromatic N) is 1. The van der Waals surface area contributed by atoms with E-state index in [1.807, 2.05) is 24.3 Å². The zero-order valence-electron chi connectivity index (χ0n) is 9.66. The number of hydrogen-bond acceptors (Lipinski definition) is 3. The minimum atomic E-state index is 0.724. The van der Waals surface area contributed by atoms with Gasteiger partial charge in [-0.1, -0.05) is 15.9 Å². The number of hydrogen-bond donors (Lipinski definition) is 1. The van der Waals surface area contributed by atoms with Gasteiger partial charge < -0.3 is 9.47 Å². The van der Waals surface area contributed by atoms with Gasteiger partial charge in [-0.3, -0.25) is 5.10 Å². The highest BCUT2D eigenvalue weighted by molar-refractivity contribution is 9.08. The molecule has 0 radical (unpaired) electrons. The van der Waals surface area contributed by atoms with Crippen LogP contribution in [0.25, 0.3) is 11.3 Å². The smallest absolute Gasteiger partial charge is 0.131 e. The number of halogens is 1. The van der Waals surface area contributed by atoms with E-state index in [1.165, 1.54) is 0 Å². The summed E-state index contributed by atoms with van der Waals surface area (Å²) in [6.45, 7) is 0. The second-order valence-electron chi connectivity index (χ2n) is 3.47. The Labute approximate surface area is 108 Å². The van der Waals surface area contributed by atoms with E-state index < -0.39 is 0 Å². The number of aromatic amines is 1. The highest BCUT2D eigenvalue weighted by Crippen LogP contribution is 2.32. The zero-order valence-corrected chi connectivity index (χ0v) is 11.2. The lowest BCUT2D eigenvalue weighted by Gasteiger charge is -2.08. The van der Waals surface area contributed by atoms with Crippen molar-refractivity contribution in [2.75, 3.05) is 14.2 Å². The second-order valence-corrected chi connectivity index (χ2v) is 4.03. The first-order chi connectivity index (χ1) is 8.28. The highest BCUT2D eigenvalue weighted by Gasteiger charge is 2.10. The molecule has 17 heavy (non-hydrogen) atoms. The zero-order chi connectivity index (χ0) is 12.3. The van der Waals surface area contributed by atoms with Gasteiger partial charge in [-0.05, 0) is 18.2 Å². The lowest BCUT2D eigenvalue weighted by molar-refractivity contribution is 0.395. The van der Waals surface area contributed by atoms with E-state index in [9.17, 15) is 0 Å². The van der Waals surface area contributed by atoms with E-state index in [0.29, 0.717) is 0 Å². The number of H-pyrrole nitrogens is 1. The molecule has 0 spiro atoms. The van der Waals surface area contributed by atoms with Crippen LogP contribution >= 0.6 is 15.9 Å². The molecule has 0 atom stereocenters. The molecule has 1 heterocycles. The molecule has 4 nitrogen and oxygen atoms in total. The fourth-order valence-corrected chi connectivity index (χ4v) is 1.88. The number of benzene rings is 1. The molecule has 5 heteroatoms. The summed E-state index contributed by atoms with van der Waals surface area (Å²) in [5, 5.41) is 7.88. The van der Waals surface area contributed by atoms with Crippen LogP contribution in [0, 0.1) is 0 Å². The molecule has 90 valence electrons. The molecular weight excluding hydrogens is 284 g/mol. The third kappa shape index (κ3) is 2.44. The molecular formula is C12H13BrN2O2. The summed E-state index contributed by atoms with van der Waals surface area (Å²) in [5.41, 5.74) is 2.85. The Balaban J connectivity index is 2.43. The summed E-state index contributed by atoms with van der Waals surface area (Å²) in [6.07, 6.45) is 0. The van der Waals surface area contributed by atoms with Crippen molar-refractivity contribution in [3.05, 3.63) is 30.0 Å². The van der Waals surface area contributed by atoms with E-state index in [0.717, 1.165) is 33.8 Å². The maximum absolute atomic E-state index is 5.35. The van der Waals surface area contributed by atoms with Crippen molar-refractivity contribution in [2.24, 2.45) is 0 Å². The standard InChI is InChI=1S/C12H13BrN2O2/c1-16-9-3-4-10(12(6-9)17-2)11-5-8(7-13)14-15-11/h3-6H,7H2,1-2H3,(H,14,15). The average molecular weight is 297 g/mol. The predicted octanol–water partition coefficient (Wildman–Crippen LogP) is 2.99. The number of nitrogens with one attached hydrogen (secondary N) is 1. The van der Waals surface area contributed by atoms with Gasteiger partial charge in [0.1, 0.15) is 11.5 Å². The maximum Gasteiger partial charge on any atom is 0.131 e. The maximum atomic E-state index is 5.35. The number of alkyl halides is 1. The lowest BCUT2D eigenvalue weighted by Crippen LogP contribution is -1.90. The van der Waals surface area contributed by atoms with Gasteiger partial charge in [0, 0.05) is 17.0 Å². The summed E-state index contributed by atoms with van der Waals surface area (Å²) in [6, 6.07) is 7.68. The number of methoxy groups -OCH3 is 2. The fraction of sp³-hybridized carbons (Fsp3) is 0.250. The molecule has 1 aromatic heterocycles. The molecule has 0 saturated carbocycles. The van der Waals surface area contributed by atoms with Crippen LogP contribution in [0.1, 0.15) is 5.69 Å². The molecule has 2 rings (SSSR count). The SMILES string of the molecule is COc1ccc(-c2cc(CBr)n[nH]2)c(OC)c1. The Morgan fingerprint density at radius 2 is 2.06 bits per heavy atom. The minimum Gasteiger partial charge on any atom is -0.497 e. The summed E-state index contributed by atoms with van der Waals surface area (Å²) < 4.78 is 10.5. The normalized spacial score (nSPS) is 10.3. The molecule has 1 N–H and O–H groups in total. The van der Waals surface area contributed by atoms with Crippen molar-refractivity contribution in [1.29, 1.82) is 0 Å². The van der Waals surface area contributed by atoms with Crippen LogP contribution in [-0.4, -0.2) is 24.4 Å². The molecule has 2 aromatic rings. The van der Waals surface area contributed by atoms with Gasteiger partial charge in [-0.25, -0.2) is 0 Å². The van der Waals surface area contributed by atoms with Gasteiger partial charge in [0.15, 0.2) is 0 Å². The summed E-state index contributed by atoms with van der Waals surface area (Å²) >= 11 is 3.37. The Kier molecular flexibility index (Phi) is 3.68. The van der Waals surface area contributed by atoms with Gasteiger partial charge in [0.05, 0.1) is 25.6 Å². The van der Waals surface area contributed by atoms with Crippen LogP contribution in [-0.2, 0) is 5.33 Å². The largest absolute Gasteiger partial charge is 0.497 e.